The summed E-state index contributed by atoms with van der Waals surface area (Å²) in [4.78, 5) is 14.8. The van der Waals surface area contributed by atoms with Crippen molar-refractivity contribution in [2.75, 3.05) is 17.9 Å². The number of carbonyl (C=O) groups is 1. The average Bonchev–Trinajstić information content (AvgIpc) is 2.76. The number of likely N-dealkylation sites (N-methyl/N-ethyl adjacent to an activating group) is 1. The first-order chi connectivity index (χ1) is 14.7. The van der Waals surface area contributed by atoms with Crippen LogP contribution in [0.2, 0.25) is 0 Å². The lowest BCUT2D eigenvalue weighted by atomic mass is 10.1. The van der Waals surface area contributed by atoms with Gasteiger partial charge in [-0.05, 0) is 55.7 Å². The van der Waals surface area contributed by atoms with E-state index < -0.39 is 10.0 Å². The van der Waals surface area contributed by atoms with Crippen LogP contribution in [0.15, 0.2) is 77.7 Å². The Hall–Kier alpha value is -3.12. The van der Waals surface area contributed by atoms with Crippen LogP contribution in [0.4, 0.5) is 5.69 Å². The molecule has 0 unspecified atom stereocenters. The highest BCUT2D eigenvalue weighted by molar-refractivity contribution is 7.92. The lowest BCUT2D eigenvalue weighted by Crippen LogP contribution is -2.41. The number of nitrogens with zero attached hydrogens (tertiary/aromatic N) is 2. The minimum atomic E-state index is -3.91. The van der Waals surface area contributed by atoms with Gasteiger partial charge in [0.05, 0.1) is 10.6 Å². The van der Waals surface area contributed by atoms with Crippen molar-refractivity contribution in [2.45, 2.75) is 32.2 Å². The second-order valence-electron chi connectivity index (χ2n) is 7.78. The maximum atomic E-state index is 13.5. The van der Waals surface area contributed by atoms with Crippen molar-refractivity contribution in [3.8, 4) is 0 Å². The molecule has 5 nitrogen and oxygen atoms in total. The van der Waals surface area contributed by atoms with Gasteiger partial charge in [-0.2, -0.15) is 0 Å². The molecular weight excluding hydrogens is 408 g/mol. The number of hydrogen-bond donors (Lipinski definition) is 0. The van der Waals surface area contributed by atoms with Crippen molar-refractivity contribution in [2.24, 2.45) is 0 Å². The average molecular weight is 437 g/mol. The van der Waals surface area contributed by atoms with Gasteiger partial charge in [0.1, 0.15) is 6.54 Å². The van der Waals surface area contributed by atoms with Gasteiger partial charge in [-0.15, -0.1) is 0 Å². The number of anilines is 1. The highest BCUT2D eigenvalue weighted by Crippen LogP contribution is 2.28. The molecule has 3 aromatic rings. The molecule has 3 aromatic carbocycles. The van der Waals surface area contributed by atoms with E-state index in [0.717, 1.165) is 22.3 Å². The summed E-state index contributed by atoms with van der Waals surface area (Å²) in [5.74, 6) is -0.277. The Morgan fingerprint density at radius 2 is 1.48 bits per heavy atom. The summed E-state index contributed by atoms with van der Waals surface area (Å²) in [5.41, 5.74) is 4.45. The van der Waals surface area contributed by atoms with Gasteiger partial charge in [0.15, 0.2) is 0 Å². The van der Waals surface area contributed by atoms with Crippen LogP contribution in [-0.4, -0.2) is 32.8 Å². The Labute approximate surface area is 185 Å². The SMILES string of the molecule is Cc1ccc(CN(C)C(=O)CN(c2cccc(C)c2C)S(=O)(=O)c2ccccc2)cc1. The molecule has 0 fully saturated rings. The Kier molecular flexibility index (Phi) is 6.81. The molecule has 0 saturated carbocycles. The predicted octanol–water partition coefficient (Wildman–Crippen LogP) is 4.47. The van der Waals surface area contributed by atoms with E-state index in [9.17, 15) is 13.2 Å². The van der Waals surface area contributed by atoms with Gasteiger partial charge >= 0.3 is 0 Å². The molecule has 1 amide bonds. The second kappa shape index (κ2) is 9.35. The third kappa shape index (κ3) is 5.14. The summed E-state index contributed by atoms with van der Waals surface area (Å²) in [7, 11) is -2.22. The highest BCUT2D eigenvalue weighted by atomic mass is 32.2. The molecule has 0 aliphatic heterocycles. The van der Waals surface area contributed by atoms with Gasteiger partial charge in [0, 0.05) is 13.6 Å². The number of hydrogen-bond acceptors (Lipinski definition) is 3. The molecule has 0 N–H and O–H groups in total. The normalized spacial score (nSPS) is 11.2. The topological polar surface area (TPSA) is 57.7 Å². The van der Waals surface area contributed by atoms with Crippen LogP contribution in [0.1, 0.15) is 22.3 Å². The molecule has 0 aliphatic rings. The van der Waals surface area contributed by atoms with Gasteiger partial charge in [0.2, 0.25) is 5.91 Å². The largest absolute Gasteiger partial charge is 0.340 e. The molecule has 0 bridgehead atoms. The van der Waals surface area contributed by atoms with Gasteiger partial charge in [-0.1, -0.05) is 60.2 Å². The van der Waals surface area contributed by atoms with Crippen LogP contribution in [0.25, 0.3) is 0 Å². The first kappa shape index (κ1) is 22.6. The van der Waals surface area contributed by atoms with E-state index in [1.807, 2.05) is 57.2 Å². The molecule has 0 radical (unpaired) electrons. The van der Waals surface area contributed by atoms with Crippen molar-refractivity contribution >= 4 is 21.6 Å². The molecule has 31 heavy (non-hydrogen) atoms. The molecule has 0 spiro atoms. The lowest BCUT2D eigenvalue weighted by Gasteiger charge is -2.28. The number of aryl methyl sites for hydroxylation is 2. The maximum absolute atomic E-state index is 13.5. The fourth-order valence-corrected chi connectivity index (χ4v) is 4.82. The highest BCUT2D eigenvalue weighted by Gasteiger charge is 2.29. The zero-order chi connectivity index (χ0) is 22.6. The van der Waals surface area contributed by atoms with Crippen molar-refractivity contribution in [1.29, 1.82) is 0 Å². The molecule has 0 heterocycles. The van der Waals surface area contributed by atoms with Gasteiger partial charge in [-0.25, -0.2) is 8.42 Å². The predicted molar refractivity (Wildman–Crippen MR) is 125 cm³/mol. The first-order valence-corrected chi connectivity index (χ1v) is 11.6. The minimum absolute atomic E-state index is 0.157. The van der Waals surface area contributed by atoms with E-state index in [4.69, 9.17) is 0 Å². The molecule has 0 saturated heterocycles. The van der Waals surface area contributed by atoms with Crippen LogP contribution in [0, 0.1) is 20.8 Å². The van der Waals surface area contributed by atoms with E-state index in [0.29, 0.717) is 12.2 Å². The Morgan fingerprint density at radius 1 is 0.839 bits per heavy atom. The summed E-state index contributed by atoms with van der Waals surface area (Å²) >= 11 is 0. The summed E-state index contributed by atoms with van der Waals surface area (Å²) < 4.78 is 28.2. The Balaban J connectivity index is 1.94. The molecular formula is C25H28N2O3S. The van der Waals surface area contributed by atoms with E-state index in [1.165, 1.54) is 4.31 Å². The lowest BCUT2D eigenvalue weighted by molar-refractivity contribution is -0.128. The number of carbonyl (C=O) groups excluding carboxylic acids is 1. The van der Waals surface area contributed by atoms with Crippen LogP contribution < -0.4 is 4.31 Å². The summed E-state index contributed by atoms with van der Waals surface area (Å²) in [6.45, 7) is 5.94. The second-order valence-corrected chi connectivity index (χ2v) is 9.64. The third-order valence-electron chi connectivity index (χ3n) is 5.42. The van der Waals surface area contributed by atoms with Crippen LogP contribution >= 0.6 is 0 Å². The smallest absolute Gasteiger partial charge is 0.264 e. The quantitative estimate of drug-likeness (QED) is 0.549. The molecule has 6 heteroatoms. The monoisotopic (exact) mass is 436 g/mol. The summed E-state index contributed by atoms with van der Waals surface area (Å²) in [6, 6.07) is 21.7. The molecule has 0 aliphatic carbocycles. The van der Waals surface area contributed by atoms with E-state index >= 15 is 0 Å². The zero-order valence-electron chi connectivity index (χ0n) is 18.4. The van der Waals surface area contributed by atoms with Crippen LogP contribution in [-0.2, 0) is 21.4 Å². The van der Waals surface area contributed by atoms with Crippen molar-refractivity contribution in [1.82, 2.24) is 4.90 Å². The van der Waals surface area contributed by atoms with Gasteiger partial charge < -0.3 is 4.90 Å². The first-order valence-electron chi connectivity index (χ1n) is 10.1. The number of sulfonamides is 1. The number of rotatable bonds is 7. The molecule has 0 aromatic heterocycles. The van der Waals surface area contributed by atoms with Crippen molar-refractivity contribution < 1.29 is 13.2 Å². The van der Waals surface area contributed by atoms with Crippen molar-refractivity contribution in [3.63, 3.8) is 0 Å². The summed E-state index contributed by atoms with van der Waals surface area (Å²) in [5, 5.41) is 0. The molecule has 0 atom stereocenters. The van der Waals surface area contributed by atoms with Crippen molar-refractivity contribution in [3.05, 3.63) is 95.1 Å². The van der Waals surface area contributed by atoms with E-state index in [-0.39, 0.29) is 17.3 Å². The Morgan fingerprint density at radius 3 is 2.13 bits per heavy atom. The van der Waals surface area contributed by atoms with Crippen LogP contribution in [0.3, 0.4) is 0 Å². The van der Waals surface area contributed by atoms with Gasteiger partial charge in [0.25, 0.3) is 10.0 Å². The third-order valence-corrected chi connectivity index (χ3v) is 7.19. The number of amides is 1. The van der Waals surface area contributed by atoms with Crippen LogP contribution in [0.5, 0.6) is 0 Å². The maximum Gasteiger partial charge on any atom is 0.264 e. The fraction of sp³-hybridized carbons (Fsp3) is 0.240. The molecule has 3 rings (SSSR count). The Bertz CT molecular complexity index is 1160. The van der Waals surface area contributed by atoms with E-state index in [1.54, 1.807) is 48.3 Å². The standard InChI is InChI=1S/C25H28N2O3S/c1-19-13-15-22(16-14-19)17-26(4)25(28)18-27(24-12-8-9-20(2)21(24)3)31(29,30)23-10-6-5-7-11-23/h5-16H,17-18H2,1-4H3. The van der Waals surface area contributed by atoms with Gasteiger partial charge in [-0.3, -0.25) is 9.10 Å². The summed E-state index contributed by atoms with van der Waals surface area (Å²) in [6.07, 6.45) is 0. The number of benzene rings is 3. The molecule has 162 valence electrons. The zero-order valence-corrected chi connectivity index (χ0v) is 19.2. The minimum Gasteiger partial charge on any atom is -0.340 e. The fourth-order valence-electron chi connectivity index (χ4n) is 3.32. The van der Waals surface area contributed by atoms with E-state index in [2.05, 4.69) is 0 Å².